The highest BCUT2D eigenvalue weighted by Gasteiger charge is 2.38. The molecule has 0 spiro atoms. The van der Waals surface area contributed by atoms with E-state index in [4.69, 9.17) is 0 Å². The molecule has 1 rings (SSSR count). The lowest BCUT2D eigenvalue weighted by Gasteiger charge is -2.32. The van der Waals surface area contributed by atoms with Crippen LogP contribution < -0.4 is 0 Å². The number of benzene rings is 1. The molecule has 2 atom stereocenters. The van der Waals surface area contributed by atoms with E-state index >= 15 is 0 Å². The first-order chi connectivity index (χ1) is 18.0. The molecule has 1 aromatic rings. The van der Waals surface area contributed by atoms with Gasteiger partial charge in [-0.15, -0.1) is 0 Å². The van der Waals surface area contributed by atoms with Crippen LogP contribution >= 0.6 is 0 Å². The minimum Gasteiger partial charge on any atom is -0.481 e. The summed E-state index contributed by atoms with van der Waals surface area (Å²) in [5.74, 6) is -0.0729. The van der Waals surface area contributed by atoms with Gasteiger partial charge in [-0.25, -0.2) is 0 Å². The van der Waals surface area contributed by atoms with Gasteiger partial charge in [-0.2, -0.15) is 0 Å². The van der Waals surface area contributed by atoms with Crippen LogP contribution in [0, 0.1) is 11.3 Å². The normalized spacial score (nSPS) is 13.9. The van der Waals surface area contributed by atoms with E-state index in [1.807, 2.05) is 6.07 Å². The van der Waals surface area contributed by atoms with Gasteiger partial charge in [-0.05, 0) is 37.2 Å². The largest absolute Gasteiger partial charge is 0.481 e. The summed E-state index contributed by atoms with van der Waals surface area (Å²) in [4.78, 5) is 12.8. The average Bonchev–Trinajstić information content (AvgIpc) is 2.90. The molecule has 0 aliphatic carbocycles. The van der Waals surface area contributed by atoms with Gasteiger partial charge in [-0.3, -0.25) is 4.79 Å². The Morgan fingerprint density at radius 2 is 1.14 bits per heavy atom. The predicted molar refractivity (Wildman–Crippen MR) is 162 cm³/mol. The molecule has 2 nitrogen and oxygen atoms in total. The van der Waals surface area contributed by atoms with Gasteiger partial charge in [0.25, 0.3) is 0 Å². The summed E-state index contributed by atoms with van der Waals surface area (Å²) >= 11 is 0. The minimum absolute atomic E-state index is 0.481. The molecule has 2 unspecified atom stereocenters. The summed E-state index contributed by atoms with van der Waals surface area (Å²) in [6.07, 6.45) is 28.2. The van der Waals surface area contributed by atoms with Gasteiger partial charge in [0.2, 0.25) is 0 Å². The van der Waals surface area contributed by atoms with Crippen LogP contribution in [0.2, 0.25) is 0 Å². The zero-order valence-electron chi connectivity index (χ0n) is 25.1. The van der Waals surface area contributed by atoms with Crippen LogP contribution in [0.3, 0.4) is 0 Å². The molecule has 0 amide bonds. The fourth-order valence-corrected chi connectivity index (χ4v) is 6.01. The molecule has 0 aromatic heterocycles. The summed E-state index contributed by atoms with van der Waals surface area (Å²) in [6, 6.07) is 10.5. The van der Waals surface area contributed by atoms with E-state index in [-0.39, 0.29) is 0 Å². The molecule has 1 aromatic carbocycles. The molecule has 0 heterocycles. The third-order valence-corrected chi connectivity index (χ3v) is 8.49. The lowest BCUT2D eigenvalue weighted by atomic mass is 9.71. The van der Waals surface area contributed by atoms with E-state index in [0.29, 0.717) is 5.92 Å². The Kier molecular flexibility index (Phi) is 20.6. The van der Waals surface area contributed by atoms with Crippen molar-refractivity contribution in [3.05, 3.63) is 35.9 Å². The third kappa shape index (κ3) is 17.0. The number of hydrogen-bond acceptors (Lipinski definition) is 1. The summed E-state index contributed by atoms with van der Waals surface area (Å²) in [5.41, 5.74) is 0.696. The molecule has 0 saturated carbocycles. The Morgan fingerprint density at radius 3 is 1.62 bits per heavy atom. The van der Waals surface area contributed by atoms with Crippen LogP contribution in [-0.4, -0.2) is 11.1 Å². The number of aryl methyl sites for hydroxylation is 1. The summed E-state index contributed by atoms with van der Waals surface area (Å²) in [7, 11) is 0. The lowest BCUT2D eigenvalue weighted by molar-refractivity contribution is -0.151. The first kappa shape index (κ1) is 33.7. The maximum Gasteiger partial charge on any atom is 0.309 e. The zero-order valence-corrected chi connectivity index (χ0v) is 25.1. The highest BCUT2D eigenvalue weighted by molar-refractivity contribution is 5.74. The monoisotopic (exact) mass is 514 g/mol. The minimum atomic E-state index is -0.573. The zero-order chi connectivity index (χ0) is 27.0. The Balaban J connectivity index is 2.49. The second-order valence-electron chi connectivity index (χ2n) is 12.1. The smallest absolute Gasteiger partial charge is 0.309 e. The molecular weight excluding hydrogens is 452 g/mol. The van der Waals surface area contributed by atoms with E-state index in [1.54, 1.807) is 0 Å². The van der Waals surface area contributed by atoms with E-state index in [9.17, 15) is 9.90 Å². The second-order valence-corrected chi connectivity index (χ2v) is 12.1. The van der Waals surface area contributed by atoms with Gasteiger partial charge in [0.05, 0.1) is 5.41 Å². The predicted octanol–water partition coefficient (Wildman–Crippen LogP) is 11.6. The third-order valence-electron chi connectivity index (χ3n) is 8.49. The van der Waals surface area contributed by atoms with Crippen molar-refractivity contribution in [1.29, 1.82) is 0 Å². The maximum absolute atomic E-state index is 12.8. The van der Waals surface area contributed by atoms with Gasteiger partial charge in [-0.1, -0.05) is 173 Å². The topological polar surface area (TPSA) is 37.3 Å². The van der Waals surface area contributed by atoms with Crippen LogP contribution in [-0.2, 0) is 11.2 Å². The van der Waals surface area contributed by atoms with Crippen LogP contribution in [0.25, 0.3) is 0 Å². The van der Waals surface area contributed by atoms with E-state index in [1.165, 1.54) is 121 Å². The second kappa shape index (κ2) is 22.7. The van der Waals surface area contributed by atoms with Crippen molar-refractivity contribution in [3.8, 4) is 0 Å². The molecule has 2 heteroatoms. The van der Waals surface area contributed by atoms with Crippen LogP contribution in [0.4, 0.5) is 0 Å². The number of carboxylic acids is 1. The highest BCUT2D eigenvalue weighted by Crippen LogP contribution is 2.39. The van der Waals surface area contributed by atoms with Crippen LogP contribution in [0.5, 0.6) is 0 Å². The van der Waals surface area contributed by atoms with Gasteiger partial charge in [0.15, 0.2) is 0 Å². The number of unbranched alkanes of at least 4 members (excludes halogenated alkanes) is 16. The summed E-state index contributed by atoms with van der Waals surface area (Å²) < 4.78 is 0. The fourth-order valence-electron chi connectivity index (χ4n) is 6.01. The van der Waals surface area contributed by atoms with E-state index in [0.717, 1.165) is 32.1 Å². The molecule has 0 aliphatic heterocycles. The van der Waals surface area contributed by atoms with Crippen LogP contribution in [0.1, 0.15) is 168 Å². The van der Waals surface area contributed by atoms with E-state index in [2.05, 4.69) is 45.0 Å². The number of rotatable bonds is 26. The average molecular weight is 515 g/mol. The molecule has 0 radical (unpaired) electrons. The molecule has 214 valence electrons. The molecule has 0 aliphatic rings. The SMILES string of the molecule is CCCCCCCCCCCCC(C)CC(CCCCCCCCCC)(CCc1ccccc1)C(=O)O. The Labute approximate surface area is 231 Å². The van der Waals surface area contributed by atoms with Crippen molar-refractivity contribution < 1.29 is 9.90 Å². The van der Waals surface area contributed by atoms with Gasteiger partial charge in [0, 0.05) is 0 Å². The molecular formula is C35H62O2. The molecule has 0 saturated heterocycles. The van der Waals surface area contributed by atoms with Crippen LogP contribution in [0.15, 0.2) is 30.3 Å². The molecule has 37 heavy (non-hydrogen) atoms. The van der Waals surface area contributed by atoms with Gasteiger partial charge < -0.3 is 5.11 Å². The van der Waals surface area contributed by atoms with Crippen molar-refractivity contribution in [2.75, 3.05) is 0 Å². The maximum atomic E-state index is 12.8. The summed E-state index contributed by atoms with van der Waals surface area (Å²) in [6.45, 7) is 6.85. The first-order valence-electron chi connectivity index (χ1n) is 16.3. The Morgan fingerprint density at radius 1 is 0.676 bits per heavy atom. The van der Waals surface area contributed by atoms with E-state index < -0.39 is 11.4 Å². The lowest BCUT2D eigenvalue weighted by Crippen LogP contribution is -2.34. The number of carbonyl (C=O) groups is 1. The fraction of sp³-hybridized carbons (Fsp3) is 0.800. The number of hydrogen-bond donors (Lipinski definition) is 1. The number of carboxylic acid groups (broad SMARTS) is 1. The van der Waals surface area contributed by atoms with Crippen molar-refractivity contribution >= 4 is 5.97 Å². The Bertz CT molecular complexity index is 640. The van der Waals surface area contributed by atoms with Crippen molar-refractivity contribution in [1.82, 2.24) is 0 Å². The first-order valence-corrected chi connectivity index (χ1v) is 16.3. The quantitative estimate of drug-likeness (QED) is 0.125. The van der Waals surface area contributed by atoms with Gasteiger partial charge >= 0.3 is 5.97 Å². The van der Waals surface area contributed by atoms with Crippen molar-refractivity contribution in [2.45, 2.75) is 168 Å². The molecule has 0 bridgehead atoms. The van der Waals surface area contributed by atoms with Crippen molar-refractivity contribution in [2.24, 2.45) is 11.3 Å². The number of aliphatic carboxylic acids is 1. The van der Waals surface area contributed by atoms with Gasteiger partial charge in [0.1, 0.15) is 0 Å². The molecule has 1 N–H and O–H groups in total. The Hall–Kier alpha value is -1.31. The van der Waals surface area contributed by atoms with Crippen molar-refractivity contribution in [3.63, 3.8) is 0 Å². The summed E-state index contributed by atoms with van der Waals surface area (Å²) in [5, 5.41) is 10.5. The standard InChI is InChI=1S/C35H62O2/c1-4-6-8-10-12-14-15-16-18-21-25-32(3)31-35(34(36)37,30-28-33-26-22-20-23-27-33)29-24-19-17-13-11-9-7-5-2/h20,22-23,26-27,32H,4-19,21,24-25,28-31H2,1-3H3,(H,36,37). The molecule has 0 fully saturated rings. The highest BCUT2D eigenvalue weighted by atomic mass is 16.4.